The van der Waals surface area contributed by atoms with Crippen LogP contribution in [0.5, 0.6) is 0 Å². The summed E-state index contributed by atoms with van der Waals surface area (Å²) in [6.45, 7) is 4.97. The molecule has 0 bridgehead atoms. The predicted molar refractivity (Wildman–Crippen MR) is 146 cm³/mol. The van der Waals surface area contributed by atoms with Gasteiger partial charge in [0.1, 0.15) is 11.4 Å². The summed E-state index contributed by atoms with van der Waals surface area (Å²) in [5.74, 6) is -1.34. The number of aliphatic imine (C=N–C) groups is 1. The van der Waals surface area contributed by atoms with E-state index in [1.807, 2.05) is 19.2 Å². The first-order valence-electron chi connectivity index (χ1n) is 13.3. The summed E-state index contributed by atoms with van der Waals surface area (Å²) in [4.78, 5) is 41.9. The fraction of sp³-hybridized carbons (Fsp3) is 0.467. The Morgan fingerprint density at radius 2 is 1.70 bits per heavy atom. The van der Waals surface area contributed by atoms with Gasteiger partial charge in [0.05, 0.1) is 12.0 Å². The van der Waals surface area contributed by atoms with Crippen LogP contribution in [-0.4, -0.2) is 59.7 Å². The Morgan fingerprint density at radius 3 is 2.27 bits per heavy atom. The molecule has 1 saturated carbocycles. The molecule has 0 aliphatic heterocycles. The van der Waals surface area contributed by atoms with Crippen molar-refractivity contribution >= 4 is 23.9 Å². The third-order valence-electron chi connectivity index (χ3n) is 7.62. The van der Waals surface area contributed by atoms with Gasteiger partial charge in [-0.15, -0.1) is 0 Å². The standard InChI is InChI=1S/C30H36F3N3O4/c1-28(2)13-15-29(16-14-28,35-25(20-37)23-5-4-6-24(19-23)30(31,32)33)36(3)18-12-21-7-9-22(10-8-21)27(40)34-17-11-26(38)39/h4-10,19-20H,11-18H2,1-3H3,(H,34,40)(H,38,39)/b35-25+. The number of carbonyl (C=O) groups is 3. The number of carboxylic acids is 1. The largest absolute Gasteiger partial charge is 0.481 e. The summed E-state index contributed by atoms with van der Waals surface area (Å²) in [5, 5.41) is 11.3. The van der Waals surface area contributed by atoms with E-state index >= 15 is 0 Å². The molecule has 2 N–H and O–H groups in total. The van der Waals surface area contributed by atoms with Gasteiger partial charge in [-0.3, -0.25) is 24.3 Å². The van der Waals surface area contributed by atoms with Crippen LogP contribution in [0.15, 0.2) is 53.5 Å². The van der Waals surface area contributed by atoms with Gasteiger partial charge in [-0.05, 0) is 74.4 Å². The maximum absolute atomic E-state index is 13.3. The van der Waals surface area contributed by atoms with E-state index in [1.165, 1.54) is 12.1 Å². The first-order chi connectivity index (χ1) is 18.7. The number of benzene rings is 2. The second-order valence-corrected chi connectivity index (χ2v) is 11.1. The molecule has 3 rings (SSSR count). The van der Waals surface area contributed by atoms with Crippen LogP contribution in [-0.2, 0) is 22.2 Å². The van der Waals surface area contributed by atoms with Gasteiger partial charge in [0, 0.05) is 24.2 Å². The highest BCUT2D eigenvalue weighted by Gasteiger charge is 2.41. The number of rotatable bonds is 11. The highest BCUT2D eigenvalue weighted by Crippen LogP contribution is 2.44. The monoisotopic (exact) mass is 559 g/mol. The van der Waals surface area contributed by atoms with Crippen molar-refractivity contribution in [3.05, 3.63) is 70.8 Å². The SMILES string of the molecule is CN(CCc1ccc(C(=O)NCCC(=O)O)cc1)C1(/N=C(\C=O)c2cccc(C(F)(F)F)c2)CCC(C)(C)CC1. The number of alkyl halides is 3. The van der Waals surface area contributed by atoms with Crippen molar-refractivity contribution in [3.63, 3.8) is 0 Å². The van der Waals surface area contributed by atoms with Crippen molar-refractivity contribution in [1.82, 2.24) is 10.2 Å². The van der Waals surface area contributed by atoms with Gasteiger partial charge in [0.25, 0.3) is 5.91 Å². The minimum absolute atomic E-state index is 0.00378. The third kappa shape index (κ3) is 8.24. The number of halogens is 3. The number of nitrogens with one attached hydrogen (secondary N) is 1. The summed E-state index contributed by atoms with van der Waals surface area (Å²) >= 11 is 0. The van der Waals surface area contributed by atoms with Crippen LogP contribution in [0.4, 0.5) is 13.2 Å². The molecule has 1 aliphatic carbocycles. The first kappa shape index (κ1) is 31.0. The summed E-state index contributed by atoms with van der Waals surface area (Å²) in [6, 6.07) is 11.7. The fourth-order valence-corrected chi connectivity index (χ4v) is 4.86. The summed E-state index contributed by atoms with van der Waals surface area (Å²) in [6.07, 6.45) is -0.519. The maximum atomic E-state index is 13.3. The van der Waals surface area contributed by atoms with Crippen molar-refractivity contribution in [2.45, 2.75) is 64.2 Å². The first-order valence-corrected chi connectivity index (χ1v) is 13.3. The number of nitrogens with zero attached hydrogens (tertiary/aromatic N) is 2. The lowest BCUT2D eigenvalue weighted by molar-refractivity contribution is -0.138. The lowest BCUT2D eigenvalue weighted by Crippen LogP contribution is -2.50. The normalized spacial score (nSPS) is 16.9. The average Bonchev–Trinajstić information content (AvgIpc) is 2.91. The minimum atomic E-state index is -4.53. The van der Waals surface area contributed by atoms with Crippen LogP contribution >= 0.6 is 0 Å². The topological polar surface area (TPSA) is 99.1 Å². The lowest BCUT2D eigenvalue weighted by Gasteiger charge is -2.46. The van der Waals surface area contributed by atoms with Gasteiger partial charge in [0.2, 0.25) is 0 Å². The number of aldehydes is 1. The molecule has 0 aromatic heterocycles. The van der Waals surface area contributed by atoms with Crippen molar-refractivity contribution in [1.29, 1.82) is 0 Å². The number of carbonyl (C=O) groups excluding carboxylic acids is 2. The van der Waals surface area contributed by atoms with Crippen LogP contribution in [0.3, 0.4) is 0 Å². The van der Waals surface area contributed by atoms with Crippen molar-refractivity contribution < 1.29 is 32.7 Å². The minimum Gasteiger partial charge on any atom is -0.481 e. The van der Waals surface area contributed by atoms with Crippen LogP contribution in [0.2, 0.25) is 0 Å². The molecule has 2 aromatic rings. The van der Waals surface area contributed by atoms with E-state index in [-0.39, 0.29) is 35.6 Å². The van der Waals surface area contributed by atoms with Crippen molar-refractivity contribution in [2.75, 3.05) is 20.1 Å². The molecule has 0 radical (unpaired) electrons. The Kier molecular flexibility index (Phi) is 9.89. The Bertz CT molecular complexity index is 1230. The molecule has 2 aromatic carbocycles. The van der Waals surface area contributed by atoms with Crippen LogP contribution < -0.4 is 5.32 Å². The zero-order valence-corrected chi connectivity index (χ0v) is 23.1. The molecule has 1 aliphatic rings. The van der Waals surface area contributed by atoms with E-state index in [9.17, 15) is 27.6 Å². The molecule has 10 heteroatoms. The second-order valence-electron chi connectivity index (χ2n) is 11.1. The number of hydrogen-bond donors (Lipinski definition) is 2. The Balaban J connectivity index is 1.79. The quantitative estimate of drug-likeness (QED) is 0.285. The molecule has 1 amide bonds. The third-order valence-corrected chi connectivity index (χ3v) is 7.62. The molecular weight excluding hydrogens is 523 g/mol. The Morgan fingerprint density at radius 1 is 1.05 bits per heavy atom. The molecule has 0 unspecified atom stereocenters. The smallest absolute Gasteiger partial charge is 0.416 e. The molecule has 40 heavy (non-hydrogen) atoms. The van der Waals surface area contributed by atoms with Crippen molar-refractivity contribution in [3.8, 4) is 0 Å². The van der Waals surface area contributed by atoms with Gasteiger partial charge in [0.15, 0.2) is 6.29 Å². The van der Waals surface area contributed by atoms with Crippen LogP contribution in [0, 0.1) is 5.41 Å². The second kappa shape index (κ2) is 12.8. The number of likely N-dealkylation sites (N-methyl/N-ethyl adjacent to an activating group) is 1. The molecule has 0 heterocycles. The fourth-order valence-electron chi connectivity index (χ4n) is 4.86. The van der Waals surface area contributed by atoms with Gasteiger partial charge in [-0.25, -0.2) is 0 Å². The number of carboxylic acid groups (broad SMARTS) is 1. The summed E-state index contributed by atoms with van der Waals surface area (Å²) < 4.78 is 40.0. The van der Waals surface area contributed by atoms with E-state index in [0.717, 1.165) is 30.5 Å². The number of amides is 1. The lowest BCUT2D eigenvalue weighted by atomic mass is 9.72. The highest BCUT2D eigenvalue weighted by atomic mass is 19.4. The number of aliphatic carboxylic acids is 1. The van der Waals surface area contributed by atoms with Gasteiger partial charge >= 0.3 is 12.1 Å². The van der Waals surface area contributed by atoms with Crippen LogP contribution in [0.25, 0.3) is 0 Å². The molecule has 1 fully saturated rings. The molecule has 7 nitrogen and oxygen atoms in total. The van der Waals surface area contributed by atoms with Gasteiger partial charge < -0.3 is 10.4 Å². The molecular formula is C30H36F3N3O4. The zero-order chi connectivity index (χ0) is 29.6. The van der Waals surface area contributed by atoms with E-state index in [4.69, 9.17) is 10.1 Å². The Labute approximate surface area is 232 Å². The van der Waals surface area contributed by atoms with Gasteiger partial charge in [-0.1, -0.05) is 38.1 Å². The summed E-state index contributed by atoms with van der Waals surface area (Å²) in [5.41, 5.74) is 0.0520. The highest BCUT2D eigenvalue weighted by molar-refractivity contribution is 6.36. The maximum Gasteiger partial charge on any atom is 0.416 e. The number of hydrogen-bond acceptors (Lipinski definition) is 5. The average molecular weight is 560 g/mol. The molecule has 0 atom stereocenters. The van der Waals surface area contributed by atoms with Crippen molar-refractivity contribution in [2.24, 2.45) is 10.4 Å². The molecule has 0 saturated heterocycles. The van der Waals surface area contributed by atoms with E-state index < -0.39 is 23.4 Å². The zero-order valence-electron chi connectivity index (χ0n) is 23.1. The van der Waals surface area contributed by atoms with E-state index in [1.54, 1.807) is 12.1 Å². The molecule has 216 valence electrons. The molecule has 0 spiro atoms. The van der Waals surface area contributed by atoms with E-state index in [0.29, 0.717) is 37.7 Å². The van der Waals surface area contributed by atoms with E-state index in [2.05, 4.69) is 24.1 Å². The van der Waals surface area contributed by atoms with Crippen LogP contribution in [0.1, 0.15) is 73.0 Å². The van der Waals surface area contributed by atoms with Gasteiger partial charge in [-0.2, -0.15) is 13.2 Å². The summed E-state index contributed by atoms with van der Waals surface area (Å²) in [7, 11) is 1.92. The Hall–Kier alpha value is -3.53. The predicted octanol–water partition coefficient (Wildman–Crippen LogP) is 5.37.